The van der Waals surface area contributed by atoms with E-state index in [2.05, 4.69) is 10.2 Å². The number of para-hydroxylation sites is 2. The second-order valence-electron chi connectivity index (χ2n) is 6.98. The fourth-order valence-electron chi connectivity index (χ4n) is 3.47. The number of nitrogens with one attached hydrogen (secondary N) is 1. The number of likely N-dealkylation sites (tertiary alicyclic amines) is 1. The standard InChI is InChI=1S/C21H25N3O4/c1-28-20-5-3-2-4-19(20)22-21(25)17-11-14-23(15-12-17)13-10-16-6-8-18(9-7-16)24(26)27/h2-9,17H,10-15H2,1H3,(H,22,25). The second kappa shape index (κ2) is 9.32. The Bertz CT molecular complexity index is 815. The van der Waals surface area contributed by atoms with E-state index in [9.17, 15) is 14.9 Å². The van der Waals surface area contributed by atoms with Gasteiger partial charge in [-0.3, -0.25) is 14.9 Å². The molecule has 0 aliphatic carbocycles. The van der Waals surface area contributed by atoms with Gasteiger partial charge in [0.15, 0.2) is 0 Å². The molecule has 2 aromatic rings. The van der Waals surface area contributed by atoms with Gasteiger partial charge >= 0.3 is 0 Å². The van der Waals surface area contributed by atoms with Gasteiger partial charge in [0.25, 0.3) is 5.69 Å². The number of carbonyl (C=O) groups is 1. The molecule has 0 unspecified atom stereocenters. The number of nitrogens with zero attached hydrogens (tertiary/aromatic N) is 2. The average molecular weight is 383 g/mol. The second-order valence-corrected chi connectivity index (χ2v) is 6.98. The van der Waals surface area contributed by atoms with E-state index >= 15 is 0 Å². The number of nitro benzene ring substituents is 1. The minimum Gasteiger partial charge on any atom is -0.495 e. The van der Waals surface area contributed by atoms with Gasteiger partial charge in [-0.2, -0.15) is 0 Å². The molecule has 0 spiro atoms. The number of non-ortho nitro benzene ring substituents is 1. The molecule has 0 atom stereocenters. The van der Waals surface area contributed by atoms with E-state index in [0.29, 0.717) is 11.4 Å². The smallest absolute Gasteiger partial charge is 0.269 e. The Balaban J connectivity index is 1.45. The van der Waals surface area contributed by atoms with Crippen LogP contribution in [0.25, 0.3) is 0 Å². The van der Waals surface area contributed by atoms with E-state index in [4.69, 9.17) is 4.74 Å². The quantitative estimate of drug-likeness (QED) is 0.584. The van der Waals surface area contributed by atoms with Crippen molar-refractivity contribution in [2.75, 3.05) is 32.1 Å². The van der Waals surface area contributed by atoms with Crippen LogP contribution in [0.15, 0.2) is 48.5 Å². The molecule has 1 aliphatic rings. The van der Waals surface area contributed by atoms with Crippen molar-refractivity contribution in [3.8, 4) is 5.75 Å². The average Bonchev–Trinajstić information content (AvgIpc) is 2.73. The largest absolute Gasteiger partial charge is 0.495 e. The lowest BCUT2D eigenvalue weighted by Crippen LogP contribution is -2.39. The number of hydrogen-bond acceptors (Lipinski definition) is 5. The number of piperidine rings is 1. The molecule has 0 saturated carbocycles. The van der Waals surface area contributed by atoms with Gasteiger partial charge < -0.3 is 15.0 Å². The van der Waals surface area contributed by atoms with Crippen molar-refractivity contribution in [3.63, 3.8) is 0 Å². The van der Waals surface area contributed by atoms with Gasteiger partial charge in [0.2, 0.25) is 5.91 Å². The Morgan fingerprint density at radius 1 is 1.18 bits per heavy atom. The van der Waals surface area contributed by atoms with Crippen molar-refractivity contribution >= 4 is 17.3 Å². The highest BCUT2D eigenvalue weighted by atomic mass is 16.6. The maximum atomic E-state index is 12.6. The summed E-state index contributed by atoms with van der Waals surface area (Å²) in [6.07, 6.45) is 2.48. The molecule has 7 heteroatoms. The SMILES string of the molecule is COc1ccccc1NC(=O)C1CCN(CCc2ccc([N+](=O)[O-])cc2)CC1. The molecule has 28 heavy (non-hydrogen) atoms. The molecule has 1 N–H and O–H groups in total. The summed E-state index contributed by atoms with van der Waals surface area (Å²) in [4.78, 5) is 25.2. The molecule has 148 valence electrons. The lowest BCUT2D eigenvalue weighted by Gasteiger charge is -2.31. The predicted molar refractivity (Wildman–Crippen MR) is 108 cm³/mol. The third kappa shape index (κ3) is 5.07. The van der Waals surface area contributed by atoms with Gasteiger partial charge in [-0.15, -0.1) is 0 Å². The van der Waals surface area contributed by atoms with Crippen LogP contribution in [0.2, 0.25) is 0 Å². The first-order valence-corrected chi connectivity index (χ1v) is 9.46. The fraction of sp³-hybridized carbons (Fsp3) is 0.381. The molecule has 0 bridgehead atoms. The molecule has 1 fully saturated rings. The highest BCUT2D eigenvalue weighted by Crippen LogP contribution is 2.26. The van der Waals surface area contributed by atoms with E-state index < -0.39 is 0 Å². The number of rotatable bonds is 7. The van der Waals surface area contributed by atoms with Gasteiger partial charge in [0, 0.05) is 24.6 Å². The molecule has 7 nitrogen and oxygen atoms in total. The van der Waals surface area contributed by atoms with Gasteiger partial charge in [-0.1, -0.05) is 24.3 Å². The highest BCUT2D eigenvalue weighted by molar-refractivity contribution is 5.94. The van der Waals surface area contributed by atoms with Crippen molar-refractivity contribution in [1.29, 1.82) is 0 Å². The molecule has 1 aliphatic heterocycles. The third-order valence-electron chi connectivity index (χ3n) is 5.19. The molecule has 2 aromatic carbocycles. The third-order valence-corrected chi connectivity index (χ3v) is 5.19. The van der Waals surface area contributed by atoms with Crippen LogP contribution in [0.5, 0.6) is 5.75 Å². The summed E-state index contributed by atoms with van der Waals surface area (Å²) in [6.45, 7) is 2.63. The molecule has 1 heterocycles. The van der Waals surface area contributed by atoms with Crippen LogP contribution in [0, 0.1) is 16.0 Å². The Kier molecular flexibility index (Phi) is 6.60. The number of anilines is 1. The van der Waals surface area contributed by atoms with E-state index in [1.807, 2.05) is 36.4 Å². The zero-order chi connectivity index (χ0) is 19.9. The summed E-state index contributed by atoms with van der Waals surface area (Å²) in [7, 11) is 1.59. The van der Waals surface area contributed by atoms with Gasteiger partial charge in [0.1, 0.15) is 5.75 Å². The van der Waals surface area contributed by atoms with Crippen LogP contribution in [0.4, 0.5) is 11.4 Å². The van der Waals surface area contributed by atoms with Crippen molar-refractivity contribution in [1.82, 2.24) is 4.90 Å². The fourth-order valence-corrected chi connectivity index (χ4v) is 3.47. The maximum absolute atomic E-state index is 12.6. The van der Waals surface area contributed by atoms with Gasteiger partial charge in [0.05, 0.1) is 17.7 Å². The lowest BCUT2D eigenvalue weighted by atomic mass is 9.95. The highest BCUT2D eigenvalue weighted by Gasteiger charge is 2.25. The summed E-state index contributed by atoms with van der Waals surface area (Å²) in [5, 5.41) is 13.7. The number of methoxy groups -OCH3 is 1. The summed E-state index contributed by atoms with van der Waals surface area (Å²) >= 11 is 0. The summed E-state index contributed by atoms with van der Waals surface area (Å²) in [5.74, 6) is 0.705. The minimum absolute atomic E-state index is 0.000497. The van der Waals surface area contributed by atoms with E-state index in [0.717, 1.165) is 44.5 Å². The molecule has 1 saturated heterocycles. The van der Waals surface area contributed by atoms with E-state index in [-0.39, 0.29) is 22.4 Å². The van der Waals surface area contributed by atoms with Crippen LogP contribution in [0.1, 0.15) is 18.4 Å². The predicted octanol–water partition coefficient (Wildman–Crippen LogP) is 3.50. The van der Waals surface area contributed by atoms with E-state index in [1.54, 1.807) is 19.2 Å². The monoisotopic (exact) mass is 383 g/mol. The maximum Gasteiger partial charge on any atom is 0.269 e. The van der Waals surface area contributed by atoms with Crippen molar-refractivity contribution in [2.45, 2.75) is 19.3 Å². The van der Waals surface area contributed by atoms with Gasteiger partial charge in [-0.25, -0.2) is 0 Å². The van der Waals surface area contributed by atoms with Crippen LogP contribution in [-0.2, 0) is 11.2 Å². The Morgan fingerprint density at radius 2 is 1.86 bits per heavy atom. The Hall–Kier alpha value is -2.93. The number of benzene rings is 2. The number of amides is 1. The van der Waals surface area contributed by atoms with Crippen LogP contribution >= 0.6 is 0 Å². The molecule has 0 aromatic heterocycles. The van der Waals surface area contributed by atoms with E-state index in [1.165, 1.54) is 0 Å². The minimum atomic E-state index is -0.384. The summed E-state index contributed by atoms with van der Waals surface area (Å²) in [5.41, 5.74) is 1.91. The molecular formula is C21H25N3O4. The molecule has 3 rings (SSSR count). The van der Waals surface area contributed by atoms with Crippen LogP contribution in [-0.4, -0.2) is 42.5 Å². The number of ether oxygens (including phenoxy) is 1. The Labute approximate surface area is 164 Å². The number of hydrogen-bond donors (Lipinski definition) is 1. The molecule has 1 amide bonds. The number of nitro groups is 1. The zero-order valence-corrected chi connectivity index (χ0v) is 16.0. The van der Waals surface area contributed by atoms with Crippen molar-refractivity contribution in [2.24, 2.45) is 5.92 Å². The van der Waals surface area contributed by atoms with Crippen molar-refractivity contribution in [3.05, 3.63) is 64.2 Å². The van der Waals surface area contributed by atoms with Crippen LogP contribution < -0.4 is 10.1 Å². The van der Waals surface area contributed by atoms with Crippen molar-refractivity contribution < 1.29 is 14.5 Å². The first kappa shape index (κ1) is 19.8. The lowest BCUT2D eigenvalue weighted by molar-refractivity contribution is -0.384. The topological polar surface area (TPSA) is 84.7 Å². The normalized spacial score (nSPS) is 15.2. The first-order chi connectivity index (χ1) is 13.6. The zero-order valence-electron chi connectivity index (χ0n) is 16.0. The molecule has 0 radical (unpaired) electrons. The Morgan fingerprint density at radius 3 is 2.50 bits per heavy atom. The van der Waals surface area contributed by atoms with Gasteiger partial charge in [-0.05, 0) is 50.0 Å². The summed E-state index contributed by atoms with van der Waals surface area (Å²) in [6, 6.07) is 14.1. The van der Waals surface area contributed by atoms with Crippen LogP contribution in [0.3, 0.4) is 0 Å². The number of carbonyl (C=O) groups excluding carboxylic acids is 1. The molecular weight excluding hydrogens is 358 g/mol. The first-order valence-electron chi connectivity index (χ1n) is 9.46. The summed E-state index contributed by atoms with van der Waals surface area (Å²) < 4.78 is 5.28.